The van der Waals surface area contributed by atoms with Crippen LogP contribution in [0.1, 0.15) is 39.9 Å². The van der Waals surface area contributed by atoms with E-state index < -0.39 is 46.2 Å². The fourth-order valence-electron chi connectivity index (χ4n) is 4.20. The molecule has 2 aromatic carbocycles. The number of piperidine rings is 1. The summed E-state index contributed by atoms with van der Waals surface area (Å²) >= 11 is 5.80. The van der Waals surface area contributed by atoms with Crippen LogP contribution in [0, 0.1) is 0 Å². The molecule has 1 atom stereocenters. The number of fused-ring (bicyclic) bond motifs is 1. The lowest BCUT2D eigenvalue weighted by atomic mass is 9.71. The van der Waals surface area contributed by atoms with Gasteiger partial charge in [-0.15, -0.1) is 0 Å². The molecule has 13 heteroatoms. The summed E-state index contributed by atoms with van der Waals surface area (Å²) in [5, 5.41) is 4.25. The van der Waals surface area contributed by atoms with E-state index in [9.17, 15) is 28.0 Å². The minimum atomic E-state index is -4.10. The van der Waals surface area contributed by atoms with Crippen LogP contribution in [0.3, 0.4) is 0 Å². The van der Waals surface area contributed by atoms with Crippen LogP contribution in [0.15, 0.2) is 24.3 Å². The molecule has 1 fully saturated rings. The Bertz CT molecular complexity index is 1290. The molecule has 35 heavy (non-hydrogen) atoms. The Morgan fingerprint density at radius 3 is 2.57 bits per heavy atom. The summed E-state index contributed by atoms with van der Waals surface area (Å²) in [6.45, 7) is -0.174. The number of hydrogen-bond donors (Lipinski definition) is 2. The number of amides is 4. The van der Waals surface area contributed by atoms with Gasteiger partial charge in [-0.1, -0.05) is 46.2 Å². The molecular weight excluding hydrogens is 476 g/mol. The van der Waals surface area contributed by atoms with Gasteiger partial charge in [-0.25, -0.2) is 0 Å². The maximum Gasteiger partial charge on any atom is 0.348 e. The van der Waals surface area contributed by atoms with E-state index in [1.54, 1.807) is 6.07 Å². The second-order valence-electron chi connectivity index (χ2n) is 8.30. The van der Waals surface area contributed by atoms with Crippen molar-refractivity contribution in [3.63, 3.8) is 0 Å². The van der Waals surface area contributed by atoms with Gasteiger partial charge in [-0.2, -0.15) is 8.78 Å². The lowest BCUT2D eigenvalue weighted by molar-refractivity contribution is -0.147. The van der Waals surface area contributed by atoms with Crippen molar-refractivity contribution in [2.45, 2.75) is 37.9 Å². The van der Waals surface area contributed by atoms with Crippen LogP contribution < -0.4 is 27.0 Å². The quantitative estimate of drug-likeness (QED) is 0.410. The maximum absolute atomic E-state index is 14.9. The largest absolute Gasteiger partial charge is 0.348 e. The molecule has 4 rings (SSSR count). The lowest BCUT2D eigenvalue weighted by Gasteiger charge is -2.29. The van der Waals surface area contributed by atoms with Gasteiger partial charge >= 0.3 is 5.92 Å². The Kier molecular flexibility index (Phi) is 6.53. The number of halogens is 3. The predicted octanol–water partition coefficient (Wildman–Crippen LogP) is -1.11. The number of benzene rings is 2. The van der Waals surface area contributed by atoms with E-state index >= 15 is 0 Å². The summed E-state index contributed by atoms with van der Waals surface area (Å²) in [6, 6.07) is 4.80. The van der Waals surface area contributed by atoms with Crippen molar-refractivity contribution < 1.29 is 28.0 Å². The fraction of sp³-hybridized carbons (Fsp3) is 0.273. The lowest BCUT2D eigenvalue weighted by Crippen LogP contribution is -2.52. The van der Waals surface area contributed by atoms with Gasteiger partial charge in [0, 0.05) is 35.7 Å². The van der Waals surface area contributed by atoms with E-state index in [1.165, 1.54) is 17.0 Å². The maximum atomic E-state index is 14.9. The van der Waals surface area contributed by atoms with Gasteiger partial charge in [0.25, 0.3) is 11.8 Å². The van der Waals surface area contributed by atoms with E-state index in [2.05, 4.69) is 10.6 Å². The first-order valence-corrected chi connectivity index (χ1v) is 10.9. The van der Waals surface area contributed by atoms with E-state index in [0.717, 1.165) is 6.07 Å². The van der Waals surface area contributed by atoms with Gasteiger partial charge in [0.1, 0.15) is 29.6 Å². The molecule has 1 unspecified atom stereocenters. The molecule has 172 valence electrons. The number of hydrogen-bond acceptors (Lipinski definition) is 4. The molecule has 0 bridgehead atoms. The van der Waals surface area contributed by atoms with Crippen LogP contribution in [0.2, 0.25) is 5.02 Å². The van der Waals surface area contributed by atoms with Crippen LogP contribution in [-0.4, -0.2) is 58.1 Å². The highest BCUT2D eigenvalue weighted by molar-refractivity contribution is 6.57. The molecule has 2 aromatic rings. The number of carbonyl (C=O) groups excluding carboxylic acids is 4. The molecule has 7 nitrogen and oxygen atoms in total. The normalized spacial score (nSPS) is 17.9. The van der Waals surface area contributed by atoms with E-state index in [-0.39, 0.29) is 42.3 Å². The van der Waals surface area contributed by atoms with Crippen molar-refractivity contribution >= 4 is 75.2 Å². The van der Waals surface area contributed by atoms with E-state index in [4.69, 9.17) is 35.1 Å². The molecule has 2 aliphatic heterocycles. The van der Waals surface area contributed by atoms with Crippen LogP contribution in [0.25, 0.3) is 0 Å². The predicted molar refractivity (Wildman–Crippen MR) is 126 cm³/mol. The second kappa shape index (κ2) is 9.15. The highest BCUT2D eigenvalue weighted by Gasteiger charge is 2.43. The van der Waals surface area contributed by atoms with Crippen LogP contribution in [-0.2, 0) is 33.4 Å². The van der Waals surface area contributed by atoms with Crippen molar-refractivity contribution in [2.24, 2.45) is 0 Å². The van der Waals surface area contributed by atoms with Crippen LogP contribution >= 0.6 is 11.6 Å². The van der Waals surface area contributed by atoms with Crippen LogP contribution in [0.4, 0.5) is 8.78 Å². The molecule has 4 amide bonds. The Morgan fingerprint density at radius 2 is 1.89 bits per heavy atom. The highest BCUT2D eigenvalue weighted by atomic mass is 35.5. The molecule has 1 saturated heterocycles. The number of carbonyl (C=O) groups is 4. The summed E-state index contributed by atoms with van der Waals surface area (Å²) in [7, 11) is 16.9. The van der Waals surface area contributed by atoms with Crippen molar-refractivity contribution in [3.05, 3.63) is 51.5 Å². The molecule has 2 aliphatic rings. The first-order valence-electron chi connectivity index (χ1n) is 10.5. The first kappa shape index (κ1) is 25.0. The summed E-state index contributed by atoms with van der Waals surface area (Å²) in [4.78, 5) is 50.0. The molecular formula is C22H15B3ClF2N3O4. The number of alkyl halides is 2. The number of imide groups is 1. The van der Waals surface area contributed by atoms with Crippen molar-refractivity contribution in [3.8, 4) is 0 Å². The Hall–Kier alpha value is -3.14. The van der Waals surface area contributed by atoms with Gasteiger partial charge < -0.3 is 10.2 Å². The third kappa shape index (κ3) is 4.47. The highest BCUT2D eigenvalue weighted by Crippen LogP contribution is 2.29. The molecule has 0 aromatic heterocycles. The first-order chi connectivity index (χ1) is 16.4. The summed E-state index contributed by atoms with van der Waals surface area (Å²) in [6.07, 6.45) is 0.334. The molecule has 6 radical (unpaired) electrons. The summed E-state index contributed by atoms with van der Waals surface area (Å²) < 4.78 is 29.8. The van der Waals surface area contributed by atoms with Crippen molar-refractivity contribution in [1.82, 2.24) is 15.5 Å². The average Bonchev–Trinajstić information content (AvgIpc) is 3.11. The van der Waals surface area contributed by atoms with Crippen LogP contribution in [0.5, 0.6) is 0 Å². The van der Waals surface area contributed by atoms with Crippen molar-refractivity contribution in [2.75, 3.05) is 0 Å². The third-order valence-electron chi connectivity index (χ3n) is 6.03. The second-order valence-corrected chi connectivity index (χ2v) is 8.71. The Morgan fingerprint density at radius 1 is 1.17 bits per heavy atom. The standard InChI is InChI=1S/C22H15B3ClF2N3O4/c23-12-6-13(26)17(24)18(25)16(12)22(27,28)21(35)29-7-9-1-2-11-10(5-9)8-31(20(11)34)14-3-4-15(32)30-19(14)33/h1-2,5-6,14H,3-4,7-8H2,(H,29,35)(H,30,32,33). The van der Waals surface area contributed by atoms with Crippen molar-refractivity contribution in [1.29, 1.82) is 0 Å². The third-order valence-corrected chi connectivity index (χ3v) is 6.34. The fourth-order valence-corrected chi connectivity index (χ4v) is 4.42. The van der Waals surface area contributed by atoms with Gasteiger partial charge in [-0.05, 0) is 23.6 Å². The molecule has 2 N–H and O–H groups in total. The van der Waals surface area contributed by atoms with Gasteiger partial charge in [0.2, 0.25) is 11.8 Å². The van der Waals surface area contributed by atoms with Gasteiger partial charge in [0.15, 0.2) is 0 Å². The smallest absolute Gasteiger partial charge is 0.346 e. The Balaban J connectivity index is 1.48. The molecule has 2 heterocycles. The monoisotopic (exact) mass is 491 g/mol. The number of nitrogens with zero attached hydrogens (tertiary/aromatic N) is 1. The van der Waals surface area contributed by atoms with Gasteiger partial charge in [0.05, 0.1) is 0 Å². The zero-order valence-corrected chi connectivity index (χ0v) is 18.9. The minimum absolute atomic E-state index is 0.107. The zero-order chi connectivity index (χ0) is 25.7. The topological polar surface area (TPSA) is 95.6 Å². The summed E-state index contributed by atoms with van der Waals surface area (Å²) in [5.41, 5.74) is -0.943. The SMILES string of the molecule is [B]c1cc(Cl)c([B])c([B])c1C(F)(F)C(=O)NCc1ccc2c(c1)CN(C1CCC(=O)NC1=O)C2=O. The molecule has 0 spiro atoms. The minimum Gasteiger partial charge on any atom is -0.346 e. The number of nitrogens with one attached hydrogen (secondary N) is 2. The molecule has 0 saturated carbocycles. The van der Waals surface area contributed by atoms with E-state index in [1.807, 2.05) is 0 Å². The average molecular weight is 491 g/mol. The van der Waals surface area contributed by atoms with E-state index in [0.29, 0.717) is 16.7 Å². The summed E-state index contributed by atoms with van der Waals surface area (Å²) in [5.74, 6) is -7.06. The number of rotatable bonds is 5. The zero-order valence-electron chi connectivity index (χ0n) is 18.2. The van der Waals surface area contributed by atoms with Gasteiger partial charge in [-0.3, -0.25) is 24.5 Å². The molecule has 0 aliphatic carbocycles. The Labute approximate surface area is 208 Å².